The number of carbonyl (C=O) groups excluding carboxylic acids is 1. The van der Waals surface area contributed by atoms with Crippen LogP contribution >= 0.6 is 0 Å². The maximum atomic E-state index is 13.2. The summed E-state index contributed by atoms with van der Waals surface area (Å²) >= 11 is 0. The van der Waals surface area contributed by atoms with Gasteiger partial charge in [0, 0.05) is 23.7 Å². The predicted molar refractivity (Wildman–Crippen MR) is 107 cm³/mol. The molecule has 27 heavy (non-hydrogen) atoms. The van der Waals surface area contributed by atoms with E-state index < -0.39 is 6.10 Å². The van der Waals surface area contributed by atoms with E-state index in [-0.39, 0.29) is 11.9 Å². The Labute approximate surface area is 161 Å². The fourth-order valence-corrected chi connectivity index (χ4v) is 4.39. The number of para-hydroxylation sites is 1. The molecule has 4 nitrogen and oxygen atoms in total. The molecule has 2 aliphatic heterocycles. The molecule has 2 heterocycles. The second-order valence-corrected chi connectivity index (χ2v) is 7.68. The summed E-state index contributed by atoms with van der Waals surface area (Å²) in [5.74, 6) is 0.743. The van der Waals surface area contributed by atoms with E-state index in [4.69, 9.17) is 4.74 Å². The largest absolute Gasteiger partial charge is 0.476 e. The lowest BCUT2D eigenvalue weighted by Crippen LogP contribution is -2.49. The van der Waals surface area contributed by atoms with Gasteiger partial charge in [-0.2, -0.15) is 0 Å². The summed E-state index contributed by atoms with van der Waals surface area (Å²) in [6, 6.07) is 19.1. The van der Waals surface area contributed by atoms with Gasteiger partial charge in [-0.1, -0.05) is 55.5 Å². The molecular formula is C23H28N2O2. The van der Waals surface area contributed by atoms with Gasteiger partial charge in [-0.25, -0.2) is 0 Å². The molecule has 3 unspecified atom stereocenters. The van der Waals surface area contributed by atoms with Crippen molar-refractivity contribution in [3.8, 4) is 5.75 Å². The first-order chi connectivity index (χ1) is 13.2. The number of carbonyl (C=O) groups is 1. The second kappa shape index (κ2) is 8.13. The van der Waals surface area contributed by atoms with Crippen molar-refractivity contribution in [2.45, 2.75) is 63.3 Å². The molecule has 2 bridgehead atoms. The standard InChI is InChI=1S/C23H28N2O2/c1-2-16-8-6-7-11-21(16)27-22(17-9-4-3-5-10-17)23(26)25-20-14-18-12-13-19(15-20)24-18/h3-11,18-20,22,24H,2,12-15H2,1H3,(H,25,26). The van der Waals surface area contributed by atoms with Gasteiger partial charge in [-0.15, -0.1) is 0 Å². The molecule has 0 spiro atoms. The van der Waals surface area contributed by atoms with Crippen molar-refractivity contribution in [3.63, 3.8) is 0 Å². The fraction of sp³-hybridized carbons (Fsp3) is 0.435. The molecule has 0 radical (unpaired) electrons. The van der Waals surface area contributed by atoms with Crippen LogP contribution in [0.5, 0.6) is 5.75 Å². The lowest BCUT2D eigenvalue weighted by molar-refractivity contribution is -0.129. The van der Waals surface area contributed by atoms with Gasteiger partial charge in [0.15, 0.2) is 0 Å². The Bertz CT molecular complexity index is 765. The van der Waals surface area contributed by atoms with E-state index in [0.29, 0.717) is 12.1 Å². The van der Waals surface area contributed by atoms with Crippen LogP contribution in [0.15, 0.2) is 54.6 Å². The summed E-state index contributed by atoms with van der Waals surface area (Å²) in [5.41, 5.74) is 2.00. The molecule has 2 aliphatic rings. The van der Waals surface area contributed by atoms with Crippen LogP contribution in [0.4, 0.5) is 0 Å². The number of hydrogen-bond acceptors (Lipinski definition) is 3. The fourth-order valence-electron chi connectivity index (χ4n) is 4.39. The summed E-state index contributed by atoms with van der Waals surface area (Å²) in [6.45, 7) is 2.10. The number of ether oxygens (including phenoxy) is 1. The van der Waals surface area contributed by atoms with Crippen molar-refractivity contribution < 1.29 is 9.53 Å². The minimum atomic E-state index is -0.633. The summed E-state index contributed by atoms with van der Waals surface area (Å²) in [5, 5.41) is 6.90. The van der Waals surface area contributed by atoms with Crippen LogP contribution in [0.25, 0.3) is 0 Å². The van der Waals surface area contributed by atoms with Crippen LogP contribution < -0.4 is 15.4 Å². The average molecular weight is 364 g/mol. The molecular weight excluding hydrogens is 336 g/mol. The Kier molecular flexibility index (Phi) is 5.44. The molecule has 0 aliphatic carbocycles. The monoisotopic (exact) mass is 364 g/mol. The molecule has 2 aromatic rings. The van der Waals surface area contributed by atoms with E-state index in [1.165, 1.54) is 12.8 Å². The maximum Gasteiger partial charge on any atom is 0.266 e. The number of benzene rings is 2. The number of rotatable bonds is 6. The minimum Gasteiger partial charge on any atom is -0.476 e. The SMILES string of the molecule is CCc1ccccc1OC(C(=O)NC1CC2CCC(C1)N2)c1ccccc1. The highest BCUT2D eigenvalue weighted by Gasteiger charge is 2.35. The summed E-state index contributed by atoms with van der Waals surface area (Å²) in [7, 11) is 0. The molecule has 3 atom stereocenters. The van der Waals surface area contributed by atoms with E-state index in [1.807, 2.05) is 48.5 Å². The highest BCUT2D eigenvalue weighted by atomic mass is 16.5. The smallest absolute Gasteiger partial charge is 0.266 e. The molecule has 0 aromatic heterocycles. The van der Waals surface area contributed by atoms with E-state index in [1.54, 1.807) is 0 Å². The number of nitrogens with one attached hydrogen (secondary N) is 2. The van der Waals surface area contributed by atoms with Gasteiger partial charge < -0.3 is 15.4 Å². The molecule has 2 aromatic carbocycles. The van der Waals surface area contributed by atoms with E-state index in [0.717, 1.165) is 36.1 Å². The van der Waals surface area contributed by atoms with Crippen molar-refractivity contribution >= 4 is 5.91 Å². The molecule has 2 saturated heterocycles. The third-order valence-electron chi connectivity index (χ3n) is 5.76. The molecule has 0 saturated carbocycles. The van der Waals surface area contributed by atoms with Crippen molar-refractivity contribution in [1.29, 1.82) is 0 Å². The van der Waals surface area contributed by atoms with Crippen LogP contribution in [-0.2, 0) is 11.2 Å². The van der Waals surface area contributed by atoms with E-state index in [2.05, 4.69) is 23.6 Å². The Balaban J connectivity index is 1.53. The molecule has 142 valence electrons. The Morgan fingerprint density at radius 2 is 1.74 bits per heavy atom. The first-order valence-electron chi connectivity index (χ1n) is 10.1. The zero-order valence-electron chi connectivity index (χ0n) is 15.9. The summed E-state index contributed by atoms with van der Waals surface area (Å²) in [4.78, 5) is 13.2. The lowest BCUT2D eigenvalue weighted by Gasteiger charge is -2.31. The Morgan fingerprint density at radius 1 is 1.07 bits per heavy atom. The Hall–Kier alpha value is -2.33. The average Bonchev–Trinajstić information content (AvgIpc) is 3.05. The molecule has 2 N–H and O–H groups in total. The van der Waals surface area contributed by atoms with Crippen LogP contribution in [0.3, 0.4) is 0 Å². The van der Waals surface area contributed by atoms with Crippen LogP contribution in [0.2, 0.25) is 0 Å². The van der Waals surface area contributed by atoms with Gasteiger partial charge in [0.25, 0.3) is 5.91 Å². The number of aryl methyl sites for hydroxylation is 1. The van der Waals surface area contributed by atoms with E-state index in [9.17, 15) is 4.79 Å². The quantitative estimate of drug-likeness (QED) is 0.820. The first-order valence-corrected chi connectivity index (χ1v) is 10.1. The number of amides is 1. The summed E-state index contributed by atoms with van der Waals surface area (Å²) < 4.78 is 6.27. The number of piperidine rings is 1. The van der Waals surface area contributed by atoms with Crippen molar-refractivity contribution in [2.75, 3.05) is 0 Å². The van der Waals surface area contributed by atoms with E-state index >= 15 is 0 Å². The second-order valence-electron chi connectivity index (χ2n) is 7.68. The van der Waals surface area contributed by atoms with Crippen molar-refractivity contribution in [1.82, 2.24) is 10.6 Å². The maximum absolute atomic E-state index is 13.2. The molecule has 2 fully saturated rings. The van der Waals surface area contributed by atoms with Crippen molar-refractivity contribution in [2.24, 2.45) is 0 Å². The zero-order chi connectivity index (χ0) is 18.6. The number of hydrogen-bond donors (Lipinski definition) is 2. The minimum absolute atomic E-state index is 0.0431. The lowest BCUT2D eigenvalue weighted by atomic mass is 9.99. The van der Waals surface area contributed by atoms with Gasteiger partial charge in [0.2, 0.25) is 6.10 Å². The van der Waals surface area contributed by atoms with Gasteiger partial charge in [-0.05, 0) is 43.7 Å². The van der Waals surface area contributed by atoms with Crippen molar-refractivity contribution in [3.05, 3.63) is 65.7 Å². The van der Waals surface area contributed by atoms with Gasteiger partial charge in [0.05, 0.1) is 0 Å². The number of fused-ring (bicyclic) bond motifs is 2. The Morgan fingerprint density at radius 3 is 2.44 bits per heavy atom. The molecule has 4 heteroatoms. The first kappa shape index (κ1) is 18.1. The third kappa shape index (κ3) is 4.16. The predicted octanol–water partition coefficient (Wildman–Crippen LogP) is 3.77. The van der Waals surface area contributed by atoms with Crippen LogP contribution in [0.1, 0.15) is 49.8 Å². The molecule has 1 amide bonds. The van der Waals surface area contributed by atoms with Gasteiger partial charge >= 0.3 is 0 Å². The normalized spacial score (nSPS) is 25.0. The third-order valence-corrected chi connectivity index (χ3v) is 5.76. The van der Waals surface area contributed by atoms with Crippen LogP contribution in [-0.4, -0.2) is 24.0 Å². The zero-order valence-corrected chi connectivity index (χ0v) is 15.9. The highest BCUT2D eigenvalue weighted by Crippen LogP contribution is 2.29. The molecule has 4 rings (SSSR count). The highest BCUT2D eigenvalue weighted by molar-refractivity contribution is 5.83. The topological polar surface area (TPSA) is 50.4 Å². The van der Waals surface area contributed by atoms with Crippen LogP contribution in [0, 0.1) is 0 Å². The van der Waals surface area contributed by atoms with Gasteiger partial charge in [-0.3, -0.25) is 4.79 Å². The van der Waals surface area contributed by atoms with Gasteiger partial charge in [0.1, 0.15) is 5.75 Å². The summed E-state index contributed by atoms with van der Waals surface area (Å²) in [6.07, 6.45) is 4.70.